The fourth-order valence-corrected chi connectivity index (χ4v) is 4.13. The van der Waals surface area contributed by atoms with Crippen LogP contribution in [0, 0.1) is 17.1 Å². The number of H-pyrrole nitrogens is 3. The van der Waals surface area contributed by atoms with Crippen molar-refractivity contribution in [2.45, 2.75) is 6.54 Å². The van der Waals surface area contributed by atoms with Gasteiger partial charge >= 0.3 is 11.4 Å². The van der Waals surface area contributed by atoms with E-state index in [1.54, 1.807) is 48.5 Å². The predicted octanol–water partition coefficient (Wildman–Crippen LogP) is 2.81. The summed E-state index contributed by atoms with van der Waals surface area (Å²) in [6.07, 6.45) is 1.53. The summed E-state index contributed by atoms with van der Waals surface area (Å²) in [4.78, 5) is 32.2. The fraction of sp³-hybridized carbons (Fsp3) is 0.0417. The lowest BCUT2D eigenvalue weighted by atomic mass is 10.1. The number of halogens is 1. The number of aromatic nitrogens is 7. The first-order chi connectivity index (χ1) is 17.0. The number of nitrogens with zero attached hydrogens (tertiary/aromatic N) is 5. The third-order valence-corrected chi connectivity index (χ3v) is 5.84. The molecule has 3 aromatic carbocycles. The Morgan fingerprint density at radius 1 is 1.00 bits per heavy atom. The van der Waals surface area contributed by atoms with Gasteiger partial charge in [0.15, 0.2) is 5.82 Å². The quantitative estimate of drug-likeness (QED) is 0.366. The lowest BCUT2D eigenvalue weighted by molar-refractivity contribution is 0.636. The molecule has 170 valence electrons. The maximum Gasteiger partial charge on any atom is 0.326 e. The predicted molar refractivity (Wildman–Crippen MR) is 126 cm³/mol. The summed E-state index contributed by atoms with van der Waals surface area (Å²) >= 11 is 0. The molecule has 0 aliphatic heterocycles. The minimum Gasteiger partial charge on any atom is -0.312 e. The first kappa shape index (κ1) is 20.4. The molecule has 0 radical (unpaired) electrons. The van der Waals surface area contributed by atoms with Gasteiger partial charge in [-0.1, -0.05) is 17.3 Å². The highest BCUT2D eigenvalue weighted by Gasteiger charge is 2.17. The summed E-state index contributed by atoms with van der Waals surface area (Å²) in [7, 11) is 0. The fourth-order valence-electron chi connectivity index (χ4n) is 4.13. The van der Waals surface area contributed by atoms with E-state index in [1.165, 1.54) is 21.5 Å². The number of benzene rings is 3. The molecule has 0 saturated heterocycles. The van der Waals surface area contributed by atoms with Crippen LogP contribution in [0.15, 0.2) is 70.4 Å². The summed E-state index contributed by atoms with van der Waals surface area (Å²) in [5.74, 6) is -0.585. The number of rotatable bonds is 4. The Morgan fingerprint density at radius 2 is 1.80 bits per heavy atom. The number of imidazole rings is 2. The highest BCUT2D eigenvalue weighted by atomic mass is 19.1. The first-order valence-electron chi connectivity index (χ1n) is 10.6. The summed E-state index contributed by atoms with van der Waals surface area (Å²) < 4.78 is 18.0. The van der Waals surface area contributed by atoms with E-state index in [4.69, 9.17) is 5.26 Å². The molecule has 0 unspecified atom stereocenters. The Morgan fingerprint density at radius 3 is 2.60 bits per heavy atom. The number of hydrogen-bond donors (Lipinski definition) is 3. The van der Waals surface area contributed by atoms with Crippen molar-refractivity contribution in [2.75, 3.05) is 0 Å². The molecule has 0 bridgehead atoms. The van der Waals surface area contributed by atoms with Crippen molar-refractivity contribution in [1.82, 2.24) is 34.5 Å². The first-order valence-corrected chi connectivity index (χ1v) is 10.6. The molecular weight excluding hydrogens is 451 g/mol. The van der Waals surface area contributed by atoms with Crippen LogP contribution in [-0.2, 0) is 6.54 Å². The molecule has 0 aliphatic rings. The van der Waals surface area contributed by atoms with Gasteiger partial charge in [-0.2, -0.15) is 5.26 Å². The van der Waals surface area contributed by atoms with E-state index in [9.17, 15) is 9.59 Å². The molecule has 6 rings (SSSR count). The highest BCUT2D eigenvalue weighted by Crippen LogP contribution is 2.27. The number of nitrogens with one attached hydrogen (secondary N) is 3. The summed E-state index contributed by atoms with van der Waals surface area (Å²) in [6, 6.07) is 17.1. The molecule has 10 nitrogen and oxygen atoms in total. The molecule has 3 N–H and O–H groups in total. The van der Waals surface area contributed by atoms with E-state index < -0.39 is 5.82 Å². The van der Waals surface area contributed by atoms with Crippen molar-refractivity contribution in [1.29, 1.82) is 5.26 Å². The number of hydrogen-bond acceptors (Lipinski definition) is 5. The van der Waals surface area contributed by atoms with E-state index in [0.29, 0.717) is 39.1 Å². The number of fused-ring (bicyclic) bond motifs is 2. The van der Waals surface area contributed by atoms with Crippen molar-refractivity contribution in [2.24, 2.45) is 0 Å². The largest absolute Gasteiger partial charge is 0.326 e. The van der Waals surface area contributed by atoms with Crippen molar-refractivity contribution < 1.29 is 4.39 Å². The van der Waals surface area contributed by atoms with E-state index >= 15 is 4.39 Å². The molecule has 0 fully saturated rings. The van der Waals surface area contributed by atoms with Crippen LogP contribution >= 0.6 is 0 Å². The minimum absolute atomic E-state index is 0.0768. The monoisotopic (exact) mass is 466 g/mol. The van der Waals surface area contributed by atoms with Crippen LogP contribution < -0.4 is 11.4 Å². The Hall–Kier alpha value is -5.24. The SMILES string of the molecule is N#Cc1ccc(Cn2c(-c3cc(F)c4nnn(-c5ccc6[nH]c(=O)[nH]c6c5)c4c3)c[nH]c2=O)cc1. The van der Waals surface area contributed by atoms with Crippen LogP contribution in [0.2, 0.25) is 0 Å². The van der Waals surface area contributed by atoms with Gasteiger partial charge in [0.2, 0.25) is 0 Å². The van der Waals surface area contributed by atoms with Gasteiger partial charge < -0.3 is 15.0 Å². The zero-order valence-corrected chi connectivity index (χ0v) is 17.9. The van der Waals surface area contributed by atoms with Gasteiger partial charge in [-0.15, -0.1) is 5.10 Å². The van der Waals surface area contributed by atoms with Crippen molar-refractivity contribution in [3.05, 3.63) is 98.7 Å². The second-order valence-electron chi connectivity index (χ2n) is 8.01. The van der Waals surface area contributed by atoms with Crippen LogP contribution in [0.4, 0.5) is 4.39 Å². The van der Waals surface area contributed by atoms with Crippen LogP contribution in [-0.4, -0.2) is 34.5 Å². The summed E-state index contributed by atoms with van der Waals surface area (Å²) in [6.45, 7) is 0.234. The third-order valence-electron chi connectivity index (χ3n) is 5.84. The second-order valence-corrected chi connectivity index (χ2v) is 8.01. The normalized spacial score (nSPS) is 11.3. The number of aromatic amines is 3. The molecule has 0 spiro atoms. The molecule has 3 aromatic heterocycles. The molecule has 11 heteroatoms. The van der Waals surface area contributed by atoms with Crippen molar-refractivity contribution in [3.8, 4) is 23.0 Å². The second kappa shape index (κ2) is 7.67. The molecule has 0 aliphatic carbocycles. The molecule has 0 atom stereocenters. The van der Waals surface area contributed by atoms with Gasteiger partial charge in [-0.05, 0) is 48.0 Å². The van der Waals surface area contributed by atoms with Gasteiger partial charge in [0.1, 0.15) is 5.52 Å². The highest BCUT2D eigenvalue weighted by molar-refractivity contribution is 5.84. The van der Waals surface area contributed by atoms with Gasteiger partial charge in [-0.3, -0.25) is 4.57 Å². The van der Waals surface area contributed by atoms with E-state index in [-0.39, 0.29) is 23.4 Å². The van der Waals surface area contributed by atoms with Crippen molar-refractivity contribution >= 4 is 22.1 Å². The molecule has 6 aromatic rings. The minimum atomic E-state index is -0.585. The lowest BCUT2D eigenvalue weighted by Gasteiger charge is -2.09. The van der Waals surface area contributed by atoms with Gasteiger partial charge in [0.25, 0.3) is 0 Å². The average Bonchev–Trinajstić information content (AvgIpc) is 3.55. The zero-order valence-electron chi connectivity index (χ0n) is 17.9. The number of nitriles is 1. The van der Waals surface area contributed by atoms with Gasteiger partial charge in [-0.25, -0.2) is 18.7 Å². The van der Waals surface area contributed by atoms with E-state index in [1.807, 2.05) is 0 Å². The van der Waals surface area contributed by atoms with E-state index in [2.05, 4.69) is 31.3 Å². The zero-order chi connectivity index (χ0) is 24.1. The molecular formula is C24H15FN8O2. The summed E-state index contributed by atoms with van der Waals surface area (Å²) in [5, 5.41) is 17.1. The summed E-state index contributed by atoms with van der Waals surface area (Å²) in [5.41, 5.74) is 3.86. The van der Waals surface area contributed by atoms with Crippen LogP contribution in [0.1, 0.15) is 11.1 Å². The third kappa shape index (κ3) is 3.41. The van der Waals surface area contributed by atoms with E-state index in [0.717, 1.165) is 5.56 Å². The van der Waals surface area contributed by atoms with Crippen LogP contribution in [0.5, 0.6) is 0 Å². The molecule has 0 amide bonds. The van der Waals surface area contributed by atoms with Crippen LogP contribution in [0.3, 0.4) is 0 Å². The van der Waals surface area contributed by atoms with Crippen molar-refractivity contribution in [3.63, 3.8) is 0 Å². The molecule has 0 saturated carbocycles. The topological polar surface area (TPSA) is 141 Å². The maximum atomic E-state index is 15.1. The Kier molecular flexibility index (Phi) is 4.46. The van der Waals surface area contributed by atoms with Gasteiger partial charge in [0.05, 0.1) is 46.1 Å². The lowest BCUT2D eigenvalue weighted by Crippen LogP contribution is -2.18. The average molecular weight is 466 g/mol. The van der Waals surface area contributed by atoms with Gasteiger partial charge in [0, 0.05) is 11.8 Å². The molecule has 35 heavy (non-hydrogen) atoms. The standard InChI is InChI=1S/C24H15FN8O2/c25-17-7-15(21-11-27-24(35)32(21)12-14-3-1-13(10-26)2-4-14)8-20-22(17)30-31-33(20)16-5-6-18-19(9-16)29-23(34)28-18/h1-9,11H,12H2,(H,27,35)(H2,28,29,34). The Bertz CT molecular complexity index is 1900. The Labute approximate surface area is 194 Å². The van der Waals surface area contributed by atoms with Crippen LogP contribution in [0.25, 0.3) is 39.0 Å². The molecule has 3 heterocycles. The maximum absolute atomic E-state index is 15.1. The Balaban J connectivity index is 1.46. The smallest absolute Gasteiger partial charge is 0.312 e.